The molecule has 0 spiro atoms. The van der Waals surface area contributed by atoms with E-state index in [1.54, 1.807) is 43.3 Å². The first kappa shape index (κ1) is 23.8. The molecule has 5 nitrogen and oxygen atoms in total. The van der Waals surface area contributed by atoms with Crippen molar-refractivity contribution in [1.82, 2.24) is 5.32 Å². The number of rotatable bonds is 9. The third-order valence-corrected chi connectivity index (χ3v) is 7.11. The molecule has 0 saturated carbocycles. The maximum absolute atomic E-state index is 13.4. The fourth-order valence-electron chi connectivity index (χ4n) is 3.44. The van der Waals surface area contributed by atoms with E-state index in [0.29, 0.717) is 22.8 Å². The molecule has 7 heteroatoms. The molecule has 0 bridgehead atoms. The van der Waals surface area contributed by atoms with E-state index in [0.717, 1.165) is 17.1 Å². The third-order valence-electron chi connectivity index (χ3n) is 5.11. The van der Waals surface area contributed by atoms with Gasteiger partial charge < -0.3 is 5.32 Å². The van der Waals surface area contributed by atoms with Gasteiger partial charge in [-0.25, -0.2) is 8.42 Å². The van der Waals surface area contributed by atoms with Crippen LogP contribution in [0.1, 0.15) is 23.1 Å². The highest BCUT2D eigenvalue weighted by atomic mass is 35.5. The van der Waals surface area contributed by atoms with Crippen LogP contribution >= 0.6 is 11.6 Å². The van der Waals surface area contributed by atoms with Gasteiger partial charge in [0.1, 0.15) is 6.54 Å². The fraction of sp³-hybridized carbons (Fsp3) is 0.240. The summed E-state index contributed by atoms with van der Waals surface area (Å²) < 4.78 is 27.9. The zero-order valence-electron chi connectivity index (χ0n) is 18.2. The second-order valence-electron chi connectivity index (χ2n) is 7.70. The Labute approximate surface area is 195 Å². The molecule has 3 aromatic rings. The molecular weight excluding hydrogens is 444 g/mol. The lowest BCUT2D eigenvalue weighted by Gasteiger charge is -2.26. The maximum atomic E-state index is 13.4. The number of halogens is 1. The maximum Gasteiger partial charge on any atom is 0.264 e. The number of nitrogens with one attached hydrogen (secondary N) is 1. The van der Waals surface area contributed by atoms with Crippen molar-refractivity contribution in [1.29, 1.82) is 0 Å². The molecule has 0 heterocycles. The Morgan fingerprint density at radius 2 is 1.72 bits per heavy atom. The second kappa shape index (κ2) is 10.7. The van der Waals surface area contributed by atoms with Crippen LogP contribution in [-0.4, -0.2) is 27.4 Å². The van der Waals surface area contributed by atoms with Crippen LogP contribution in [0.4, 0.5) is 5.69 Å². The van der Waals surface area contributed by atoms with Crippen LogP contribution in [0.5, 0.6) is 0 Å². The van der Waals surface area contributed by atoms with Crippen molar-refractivity contribution in [3.05, 3.63) is 94.5 Å². The van der Waals surface area contributed by atoms with Crippen LogP contribution in [0.15, 0.2) is 77.7 Å². The first-order valence-electron chi connectivity index (χ1n) is 10.4. The van der Waals surface area contributed by atoms with E-state index in [4.69, 9.17) is 11.6 Å². The minimum atomic E-state index is -3.95. The van der Waals surface area contributed by atoms with Gasteiger partial charge in [-0.15, -0.1) is 0 Å². The molecule has 3 aromatic carbocycles. The Morgan fingerprint density at radius 3 is 2.44 bits per heavy atom. The highest BCUT2D eigenvalue weighted by Crippen LogP contribution is 2.29. The second-order valence-corrected chi connectivity index (χ2v) is 10.00. The van der Waals surface area contributed by atoms with Gasteiger partial charge in [-0.05, 0) is 62.1 Å². The lowest BCUT2D eigenvalue weighted by Crippen LogP contribution is -2.41. The fourth-order valence-corrected chi connectivity index (χ4v) is 5.11. The highest BCUT2D eigenvalue weighted by Gasteiger charge is 2.28. The summed E-state index contributed by atoms with van der Waals surface area (Å²) in [5.41, 5.74) is 3.50. The molecule has 0 radical (unpaired) electrons. The largest absolute Gasteiger partial charge is 0.355 e. The number of benzene rings is 3. The van der Waals surface area contributed by atoms with Gasteiger partial charge in [0.05, 0.1) is 10.6 Å². The zero-order valence-corrected chi connectivity index (χ0v) is 19.8. The monoisotopic (exact) mass is 470 g/mol. The number of amides is 1. The van der Waals surface area contributed by atoms with Gasteiger partial charge in [-0.2, -0.15) is 0 Å². The van der Waals surface area contributed by atoms with Crippen LogP contribution in [-0.2, 0) is 21.2 Å². The average molecular weight is 471 g/mol. The van der Waals surface area contributed by atoms with Crippen molar-refractivity contribution in [3.8, 4) is 0 Å². The quantitative estimate of drug-likeness (QED) is 0.452. The molecule has 168 valence electrons. The summed E-state index contributed by atoms with van der Waals surface area (Å²) in [4.78, 5) is 12.8. The van der Waals surface area contributed by atoms with E-state index in [9.17, 15) is 13.2 Å². The summed E-state index contributed by atoms with van der Waals surface area (Å²) >= 11 is 6.14. The molecule has 0 fully saturated rings. The first-order valence-corrected chi connectivity index (χ1v) is 12.3. The van der Waals surface area contributed by atoms with E-state index in [2.05, 4.69) is 17.4 Å². The van der Waals surface area contributed by atoms with Crippen molar-refractivity contribution < 1.29 is 13.2 Å². The molecule has 0 aliphatic heterocycles. The zero-order chi connectivity index (χ0) is 23.1. The number of aryl methyl sites for hydroxylation is 3. The lowest BCUT2D eigenvalue weighted by molar-refractivity contribution is -0.119. The minimum absolute atomic E-state index is 0.117. The van der Waals surface area contributed by atoms with E-state index in [-0.39, 0.29) is 17.3 Å². The van der Waals surface area contributed by atoms with E-state index >= 15 is 0 Å². The Hall–Kier alpha value is -2.83. The third kappa shape index (κ3) is 6.11. The van der Waals surface area contributed by atoms with E-state index in [1.165, 1.54) is 23.3 Å². The number of sulfonamides is 1. The summed E-state index contributed by atoms with van der Waals surface area (Å²) in [5, 5.41) is 3.25. The van der Waals surface area contributed by atoms with Gasteiger partial charge in [-0.1, -0.05) is 65.7 Å². The molecule has 0 saturated heterocycles. The smallest absolute Gasteiger partial charge is 0.264 e. The van der Waals surface area contributed by atoms with Crippen molar-refractivity contribution in [2.75, 3.05) is 17.4 Å². The van der Waals surface area contributed by atoms with Crippen molar-refractivity contribution in [2.24, 2.45) is 0 Å². The molecule has 0 aliphatic rings. The summed E-state index contributed by atoms with van der Waals surface area (Å²) in [6, 6.07) is 21.3. The summed E-state index contributed by atoms with van der Waals surface area (Å²) in [5.74, 6) is -0.367. The van der Waals surface area contributed by atoms with E-state index in [1.807, 2.05) is 19.1 Å². The summed E-state index contributed by atoms with van der Waals surface area (Å²) in [6.45, 7) is 3.97. The number of anilines is 1. The van der Waals surface area contributed by atoms with Gasteiger partial charge in [0.25, 0.3) is 10.0 Å². The predicted octanol–water partition coefficient (Wildman–Crippen LogP) is 4.90. The molecule has 1 amide bonds. The number of hydrogen-bond acceptors (Lipinski definition) is 3. The number of carbonyl (C=O) groups excluding carboxylic acids is 1. The topological polar surface area (TPSA) is 66.5 Å². The minimum Gasteiger partial charge on any atom is -0.355 e. The summed E-state index contributed by atoms with van der Waals surface area (Å²) in [7, 11) is -3.95. The Bertz CT molecular complexity index is 1180. The van der Waals surface area contributed by atoms with Gasteiger partial charge >= 0.3 is 0 Å². The standard InChI is InChI=1S/C25H27ClN2O3S/c1-19-8-6-9-21(16-19)10-7-15-27-25(29)18-28(24-17-22(26)14-13-20(24)2)32(30,31)23-11-4-3-5-12-23/h3-6,8-9,11-14,16-17H,7,10,15,18H2,1-2H3,(H,27,29). The highest BCUT2D eigenvalue weighted by molar-refractivity contribution is 7.92. The number of hydrogen-bond donors (Lipinski definition) is 1. The molecule has 0 aliphatic carbocycles. The van der Waals surface area contributed by atoms with Crippen molar-refractivity contribution in [2.45, 2.75) is 31.6 Å². The number of carbonyl (C=O) groups is 1. The van der Waals surface area contributed by atoms with Crippen LogP contribution in [0, 0.1) is 13.8 Å². The molecule has 0 unspecified atom stereocenters. The molecule has 1 N–H and O–H groups in total. The molecular formula is C25H27ClN2O3S. The molecule has 32 heavy (non-hydrogen) atoms. The SMILES string of the molecule is Cc1cccc(CCCNC(=O)CN(c2cc(Cl)ccc2C)S(=O)(=O)c2ccccc2)c1. The predicted molar refractivity (Wildman–Crippen MR) is 130 cm³/mol. The number of nitrogens with zero attached hydrogens (tertiary/aromatic N) is 1. The van der Waals surface area contributed by atoms with Crippen molar-refractivity contribution >= 4 is 33.2 Å². The Balaban J connectivity index is 1.74. The molecule has 3 rings (SSSR count). The average Bonchev–Trinajstić information content (AvgIpc) is 2.77. The molecule has 0 atom stereocenters. The Morgan fingerprint density at radius 1 is 0.969 bits per heavy atom. The van der Waals surface area contributed by atoms with Gasteiger partial charge in [0.15, 0.2) is 0 Å². The first-order chi connectivity index (χ1) is 15.3. The van der Waals surface area contributed by atoms with Crippen LogP contribution in [0.2, 0.25) is 5.02 Å². The lowest BCUT2D eigenvalue weighted by atomic mass is 10.1. The van der Waals surface area contributed by atoms with Gasteiger partial charge in [0, 0.05) is 11.6 Å². The summed E-state index contributed by atoms with van der Waals surface area (Å²) in [6.07, 6.45) is 1.60. The normalized spacial score (nSPS) is 11.2. The van der Waals surface area contributed by atoms with Crippen LogP contribution < -0.4 is 9.62 Å². The van der Waals surface area contributed by atoms with Crippen molar-refractivity contribution in [3.63, 3.8) is 0 Å². The Kier molecular flexibility index (Phi) is 7.94. The van der Waals surface area contributed by atoms with E-state index < -0.39 is 10.0 Å². The van der Waals surface area contributed by atoms with Gasteiger partial charge in [-0.3, -0.25) is 9.10 Å². The van der Waals surface area contributed by atoms with Gasteiger partial charge in [0.2, 0.25) is 5.91 Å². The van der Waals surface area contributed by atoms with Crippen LogP contribution in [0.25, 0.3) is 0 Å². The van der Waals surface area contributed by atoms with Crippen LogP contribution in [0.3, 0.4) is 0 Å². The molecule has 0 aromatic heterocycles.